The number of nitrogens with one attached hydrogen (secondary N) is 1. The van der Waals surface area contributed by atoms with Gasteiger partial charge in [-0.25, -0.2) is 13.1 Å². The summed E-state index contributed by atoms with van der Waals surface area (Å²) < 4.78 is 30.6. The maximum absolute atomic E-state index is 11.6. The summed E-state index contributed by atoms with van der Waals surface area (Å²) >= 11 is 0. The Morgan fingerprint density at radius 1 is 1.44 bits per heavy atom. The van der Waals surface area contributed by atoms with Crippen molar-refractivity contribution in [3.63, 3.8) is 0 Å². The van der Waals surface area contributed by atoms with Gasteiger partial charge in [-0.05, 0) is 24.6 Å². The molecule has 0 aliphatic heterocycles. The van der Waals surface area contributed by atoms with Crippen LogP contribution in [-0.2, 0) is 21.3 Å². The molecular weight excluding hydrogens is 252 g/mol. The average molecular weight is 268 g/mol. The second-order valence-corrected chi connectivity index (χ2v) is 5.58. The molecular formula is C12H16N2O3S. The van der Waals surface area contributed by atoms with Gasteiger partial charge >= 0.3 is 0 Å². The van der Waals surface area contributed by atoms with Gasteiger partial charge in [-0.2, -0.15) is 5.26 Å². The number of benzene rings is 1. The van der Waals surface area contributed by atoms with Crippen molar-refractivity contribution in [3.05, 3.63) is 35.4 Å². The van der Waals surface area contributed by atoms with E-state index < -0.39 is 10.0 Å². The Hall–Kier alpha value is -1.42. The van der Waals surface area contributed by atoms with Crippen LogP contribution in [0.3, 0.4) is 0 Å². The quantitative estimate of drug-likeness (QED) is 0.749. The van der Waals surface area contributed by atoms with E-state index in [1.165, 1.54) is 0 Å². The van der Waals surface area contributed by atoms with Crippen molar-refractivity contribution >= 4 is 10.0 Å². The molecule has 0 amide bonds. The molecule has 1 rings (SSSR count). The molecule has 5 nitrogen and oxygen atoms in total. The number of hydrogen-bond donors (Lipinski definition) is 1. The highest BCUT2D eigenvalue weighted by Crippen LogP contribution is 2.04. The Kier molecular flexibility index (Phi) is 5.78. The summed E-state index contributed by atoms with van der Waals surface area (Å²) in [6.07, 6.45) is 0. The molecule has 0 unspecified atom stereocenters. The van der Waals surface area contributed by atoms with Crippen molar-refractivity contribution in [1.82, 2.24) is 4.72 Å². The predicted octanol–water partition coefficient (Wildman–Crippen LogP) is 1.01. The van der Waals surface area contributed by atoms with E-state index in [0.29, 0.717) is 12.2 Å². The van der Waals surface area contributed by atoms with Crippen LogP contribution in [0, 0.1) is 11.3 Å². The molecule has 0 aromatic heterocycles. The summed E-state index contributed by atoms with van der Waals surface area (Å²) in [4.78, 5) is 0. The Labute approximate surface area is 107 Å². The van der Waals surface area contributed by atoms with E-state index in [9.17, 15) is 8.42 Å². The Balaban J connectivity index is 2.51. The van der Waals surface area contributed by atoms with Crippen molar-refractivity contribution in [2.45, 2.75) is 13.5 Å². The Morgan fingerprint density at radius 2 is 2.22 bits per heavy atom. The molecule has 0 heterocycles. The summed E-state index contributed by atoms with van der Waals surface area (Å²) in [5.41, 5.74) is 1.27. The minimum atomic E-state index is -3.33. The van der Waals surface area contributed by atoms with Crippen molar-refractivity contribution in [2.75, 3.05) is 19.0 Å². The van der Waals surface area contributed by atoms with Crippen LogP contribution in [0.5, 0.6) is 0 Å². The molecule has 98 valence electrons. The molecule has 0 aliphatic carbocycles. The average Bonchev–Trinajstić information content (AvgIpc) is 2.37. The minimum absolute atomic E-state index is 0.0568. The Bertz CT molecular complexity index is 520. The summed E-state index contributed by atoms with van der Waals surface area (Å²) in [5.74, 6) is -0.0568. The third-order valence-corrected chi connectivity index (χ3v) is 3.54. The van der Waals surface area contributed by atoms with Crippen LogP contribution in [0.15, 0.2) is 24.3 Å². The molecule has 0 fully saturated rings. The van der Waals surface area contributed by atoms with Crippen LogP contribution in [0.4, 0.5) is 0 Å². The second kappa shape index (κ2) is 7.11. The first kappa shape index (κ1) is 14.6. The zero-order valence-corrected chi connectivity index (χ0v) is 11.0. The zero-order valence-electron chi connectivity index (χ0n) is 10.2. The van der Waals surface area contributed by atoms with Crippen LogP contribution >= 0.6 is 0 Å². The lowest BCUT2D eigenvalue weighted by atomic mass is 10.1. The van der Waals surface area contributed by atoms with Gasteiger partial charge in [-0.1, -0.05) is 12.1 Å². The number of hydrogen-bond acceptors (Lipinski definition) is 4. The molecule has 0 atom stereocenters. The molecule has 0 saturated heterocycles. The molecule has 0 spiro atoms. The van der Waals surface area contributed by atoms with E-state index in [0.717, 1.165) is 5.56 Å². The van der Waals surface area contributed by atoms with E-state index in [-0.39, 0.29) is 18.9 Å². The van der Waals surface area contributed by atoms with E-state index in [1.807, 2.05) is 13.0 Å². The monoisotopic (exact) mass is 268 g/mol. The predicted molar refractivity (Wildman–Crippen MR) is 68.3 cm³/mol. The number of ether oxygens (including phenoxy) is 1. The van der Waals surface area contributed by atoms with Crippen molar-refractivity contribution in [3.8, 4) is 6.07 Å². The second-order valence-electron chi connectivity index (χ2n) is 3.65. The number of nitriles is 1. The van der Waals surface area contributed by atoms with E-state index in [4.69, 9.17) is 10.00 Å². The largest absolute Gasteiger partial charge is 0.381 e. The van der Waals surface area contributed by atoms with Gasteiger partial charge in [0.05, 0.1) is 24.0 Å². The molecule has 0 bridgehead atoms. The fraction of sp³-hybridized carbons (Fsp3) is 0.417. The van der Waals surface area contributed by atoms with Crippen LogP contribution < -0.4 is 4.72 Å². The van der Waals surface area contributed by atoms with Crippen molar-refractivity contribution < 1.29 is 13.2 Å². The maximum atomic E-state index is 11.6. The van der Waals surface area contributed by atoms with Gasteiger partial charge in [-0.3, -0.25) is 0 Å². The first-order valence-corrected chi connectivity index (χ1v) is 7.26. The smallest absolute Gasteiger partial charge is 0.214 e. The minimum Gasteiger partial charge on any atom is -0.381 e. The zero-order chi connectivity index (χ0) is 13.4. The van der Waals surface area contributed by atoms with E-state index in [2.05, 4.69) is 4.72 Å². The molecule has 1 aromatic rings. The normalized spacial score (nSPS) is 11.1. The van der Waals surface area contributed by atoms with Gasteiger partial charge in [0, 0.05) is 13.2 Å². The molecule has 0 aliphatic rings. The number of nitrogens with zero attached hydrogens (tertiary/aromatic N) is 1. The third-order valence-electron chi connectivity index (χ3n) is 2.25. The molecule has 18 heavy (non-hydrogen) atoms. The lowest BCUT2D eigenvalue weighted by Crippen LogP contribution is -2.28. The van der Waals surface area contributed by atoms with Crippen LogP contribution in [-0.4, -0.2) is 27.4 Å². The van der Waals surface area contributed by atoms with Crippen LogP contribution in [0.25, 0.3) is 0 Å². The standard InChI is InChI=1S/C12H16N2O3S/c1-2-17-6-7-18(15,16)14-10-12-5-3-4-11(8-12)9-13/h3-5,8,14H,2,6-7,10H2,1H3. The summed E-state index contributed by atoms with van der Waals surface area (Å²) in [6.45, 7) is 2.68. The number of sulfonamides is 1. The van der Waals surface area contributed by atoms with Gasteiger partial charge in [0.1, 0.15) is 0 Å². The van der Waals surface area contributed by atoms with E-state index in [1.54, 1.807) is 24.3 Å². The Morgan fingerprint density at radius 3 is 2.89 bits per heavy atom. The summed E-state index contributed by atoms with van der Waals surface area (Å²) in [6, 6.07) is 8.84. The highest BCUT2D eigenvalue weighted by atomic mass is 32.2. The van der Waals surface area contributed by atoms with Crippen LogP contribution in [0.1, 0.15) is 18.1 Å². The fourth-order valence-electron chi connectivity index (χ4n) is 1.33. The SMILES string of the molecule is CCOCCS(=O)(=O)NCc1cccc(C#N)c1. The third kappa shape index (κ3) is 5.27. The highest BCUT2D eigenvalue weighted by Gasteiger charge is 2.09. The van der Waals surface area contributed by atoms with Gasteiger partial charge < -0.3 is 4.74 Å². The molecule has 0 radical (unpaired) electrons. The van der Waals surface area contributed by atoms with E-state index >= 15 is 0 Å². The first-order chi connectivity index (χ1) is 8.57. The van der Waals surface area contributed by atoms with Gasteiger partial charge in [0.25, 0.3) is 0 Å². The fourth-order valence-corrected chi connectivity index (χ4v) is 2.20. The molecule has 6 heteroatoms. The maximum Gasteiger partial charge on any atom is 0.214 e. The van der Waals surface area contributed by atoms with Gasteiger partial charge in [0.2, 0.25) is 10.0 Å². The van der Waals surface area contributed by atoms with Crippen LogP contribution in [0.2, 0.25) is 0 Å². The lowest BCUT2D eigenvalue weighted by molar-refractivity contribution is 0.163. The first-order valence-electron chi connectivity index (χ1n) is 5.61. The molecule has 1 N–H and O–H groups in total. The van der Waals surface area contributed by atoms with Gasteiger partial charge in [0.15, 0.2) is 0 Å². The molecule has 0 saturated carbocycles. The lowest BCUT2D eigenvalue weighted by Gasteiger charge is -2.07. The van der Waals surface area contributed by atoms with Gasteiger partial charge in [-0.15, -0.1) is 0 Å². The summed E-state index contributed by atoms with van der Waals surface area (Å²) in [7, 11) is -3.33. The highest BCUT2D eigenvalue weighted by molar-refractivity contribution is 7.89. The van der Waals surface area contributed by atoms with Crippen molar-refractivity contribution in [2.24, 2.45) is 0 Å². The topological polar surface area (TPSA) is 79.2 Å². The summed E-state index contributed by atoms with van der Waals surface area (Å²) in [5, 5.41) is 8.73. The number of rotatable bonds is 7. The van der Waals surface area contributed by atoms with Crippen molar-refractivity contribution in [1.29, 1.82) is 5.26 Å². The molecule has 1 aromatic carbocycles.